The molecule has 1 unspecified atom stereocenters. The molecule has 0 saturated carbocycles. The van der Waals surface area contributed by atoms with Gasteiger partial charge >= 0.3 is 6.03 Å². The zero-order valence-corrected chi connectivity index (χ0v) is 11.3. The molecule has 0 spiro atoms. The van der Waals surface area contributed by atoms with Crippen molar-refractivity contribution in [3.05, 3.63) is 17.5 Å². The predicted molar refractivity (Wildman–Crippen MR) is 73.4 cm³/mol. The minimum Gasteiger partial charge on any atom is -0.394 e. The topological polar surface area (TPSA) is 107 Å². The number of hydrogen-bond donors (Lipinski definition) is 4. The van der Waals surface area contributed by atoms with Gasteiger partial charge in [0, 0.05) is 18.4 Å². The average molecular weight is 280 g/mol. The Balaban J connectivity index is 1.93. The van der Waals surface area contributed by atoms with Gasteiger partial charge in [0.25, 0.3) is 0 Å². The van der Waals surface area contributed by atoms with E-state index < -0.39 is 18.7 Å². The molecule has 4 N–H and O–H groups in total. The van der Waals surface area contributed by atoms with Gasteiger partial charge in [0.2, 0.25) is 5.95 Å². The van der Waals surface area contributed by atoms with Gasteiger partial charge in [-0.1, -0.05) is 6.42 Å². The number of aryl methyl sites for hydroxylation is 2. The van der Waals surface area contributed by atoms with Crippen LogP contribution in [0.25, 0.3) is 0 Å². The fourth-order valence-electron chi connectivity index (χ4n) is 2.13. The number of fused-ring (bicyclic) bond motifs is 1. The van der Waals surface area contributed by atoms with E-state index >= 15 is 0 Å². The van der Waals surface area contributed by atoms with E-state index in [9.17, 15) is 4.79 Å². The number of aromatic nitrogens is 2. The summed E-state index contributed by atoms with van der Waals surface area (Å²) in [5.74, 6) is 0.265. The number of aliphatic hydroxyl groups excluding tert-OH is 2. The van der Waals surface area contributed by atoms with E-state index in [2.05, 4.69) is 20.6 Å². The number of rotatable bonds is 4. The van der Waals surface area contributed by atoms with Crippen molar-refractivity contribution in [3.8, 4) is 0 Å². The van der Waals surface area contributed by atoms with Gasteiger partial charge in [0.05, 0.1) is 12.7 Å². The molecule has 1 heterocycles. The molecule has 0 aliphatic heterocycles. The highest BCUT2D eigenvalue weighted by Gasteiger charge is 2.12. The molecule has 7 nitrogen and oxygen atoms in total. The van der Waals surface area contributed by atoms with Gasteiger partial charge in [0.15, 0.2) is 0 Å². The zero-order valence-electron chi connectivity index (χ0n) is 11.3. The molecule has 20 heavy (non-hydrogen) atoms. The zero-order chi connectivity index (χ0) is 14.4. The highest BCUT2D eigenvalue weighted by Crippen LogP contribution is 2.19. The number of nitrogens with zero attached hydrogens (tertiary/aromatic N) is 2. The summed E-state index contributed by atoms with van der Waals surface area (Å²) in [4.78, 5) is 20.1. The van der Waals surface area contributed by atoms with Crippen LogP contribution in [0.1, 0.15) is 30.5 Å². The molecule has 0 radical (unpaired) electrons. The summed E-state index contributed by atoms with van der Waals surface area (Å²) in [5, 5.41) is 22.7. The Hall–Kier alpha value is -1.73. The minimum absolute atomic E-state index is 0.0206. The third-order valence-corrected chi connectivity index (χ3v) is 3.25. The molecule has 7 heteroatoms. The average Bonchev–Trinajstić information content (AvgIpc) is 2.69. The SMILES string of the molecule is O=C(NCC(O)CO)Nc1ncc2c(n1)CCCCC2. The van der Waals surface area contributed by atoms with E-state index in [1.807, 2.05) is 0 Å². The normalized spacial score (nSPS) is 15.9. The van der Waals surface area contributed by atoms with Gasteiger partial charge in [0.1, 0.15) is 0 Å². The molecular weight excluding hydrogens is 260 g/mol. The molecule has 1 aromatic rings. The van der Waals surface area contributed by atoms with Crippen molar-refractivity contribution in [1.29, 1.82) is 0 Å². The maximum atomic E-state index is 11.6. The van der Waals surface area contributed by atoms with E-state index in [1.165, 1.54) is 6.42 Å². The van der Waals surface area contributed by atoms with E-state index in [0.29, 0.717) is 0 Å². The summed E-state index contributed by atoms with van der Waals surface area (Å²) < 4.78 is 0. The number of amides is 2. The van der Waals surface area contributed by atoms with Gasteiger partial charge in [-0.25, -0.2) is 14.8 Å². The maximum Gasteiger partial charge on any atom is 0.321 e. The lowest BCUT2D eigenvalue weighted by Gasteiger charge is -2.10. The van der Waals surface area contributed by atoms with Crippen LogP contribution >= 0.6 is 0 Å². The first-order valence-corrected chi connectivity index (χ1v) is 6.87. The van der Waals surface area contributed by atoms with Crippen LogP contribution in [0.15, 0.2) is 6.20 Å². The number of urea groups is 1. The van der Waals surface area contributed by atoms with Gasteiger partial charge in [-0.3, -0.25) is 5.32 Å². The van der Waals surface area contributed by atoms with Crippen molar-refractivity contribution in [2.75, 3.05) is 18.5 Å². The van der Waals surface area contributed by atoms with Crippen molar-refractivity contribution >= 4 is 12.0 Å². The van der Waals surface area contributed by atoms with Crippen molar-refractivity contribution in [2.45, 2.75) is 38.2 Å². The van der Waals surface area contributed by atoms with Gasteiger partial charge < -0.3 is 15.5 Å². The number of nitrogens with one attached hydrogen (secondary N) is 2. The minimum atomic E-state index is -0.964. The Bertz CT molecular complexity index is 467. The molecule has 2 rings (SSSR count). The summed E-state index contributed by atoms with van der Waals surface area (Å²) in [5.41, 5.74) is 2.16. The summed E-state index contributed by atoms with van der Waals surface area (Å²) in [6, 6.07) is -0.494. The Kier molecular flexibility index (Phi) is 5.25. The second-order valence-corrected chi connectivity index (χ2v) is 4.90. The fraction of sp³-hybridized carbons (Fsp3) is 0.615. The molecule has 1 aliphatic carbocycles. The number of aliphatic hydroxyl groups is 2. The van der Waals surface area contributed by atoms with E-state index in [0.717, 1.165) is 36.9 Å². The lowest BCUT2D eigenvalue weighted by Crippen LogP contribution is -2.37. The molecule has 0 saturated heterocycles. The van der Waals surface area contributed by atoms with Crippen molar-refractivity contribution in [1.82, 2.24) is 15.3 Å². The Morgan fingerprint density at radius 1 is 1.35 bits per heavy atom. The van der Waals surface area contributed by atoms with Crippen LogP contribution in [0.4, 0.5) is 10.7 Å². The number of anilines is 1. The molecule has 1 atom stereocenters. The Morgan fingerprint density at radius 2 is 2.15 bits per heavy atom. The Morgan fingerprint density at radius 3 is 2.95 bits per heavy atom. The van der Waals surface area contributed by atoms with E-state index in [-0.39, 0.29) is 12.5 Å². The summed E-state index contributed by atoms with van der Waals surface area (Å²) in [7, 11) is 0. The molecule has 0 fully saturated rings. The summed E-state index contributed by atoms with van der Waals surface area (Å²) >= 11 is 0. The third kappa shape index (κ3) is 4.14. The molecule has 0 aromatic carbocycles. The van der Waals surface area contributed by atoms with Crippen LogP contribution in [-0.4, -0.2) is 45.5 Å². The molecule has 0 bridgehead atoms. The smallest absolute Gasteiger partial charge is 0.321 e. The highest BCUT2D eigenvalue weighted by atomic mass is 16.3. The quantitative estimate of drug-likeness (QED) is 0.590. The Labute approximate surface area is 117 Å². The van der Waals surface area contributed by atoms with Crippen molar-refractivity contribution in [3.63, 3.8) is 0 Å². The van der Waals surface area contributed by atoms with Gasteiger partial charge in [-0.05, 0) is 31.2 Å². The van der Waals surface area contributed by atoms with E-state index in [4.69, 9.17) is 10.2 Å². The van der Waals surface area contributed by atoms with Crippen LogP contribution in [0.2, 0.25) is 0 Å². The first kappa shape index (κ1) is 14.7. The van der Waals surface area contributed by atoms with Crippen LogP contribution in [0.5, 0.6) is 0 Å². The summed E-state index contributed by atoms with van der Waals surface area (Å²) in [6.07, 6.45) is 6.17. The lowest BCUT2D eigenvalue weighted by atomic mass is 10.1. The standard InChI is InChI=1S/C13H20N4O3/c18-8-10(19)7-15-13(20)17-12-14-6-9-4-2-1-3-5-11(9)16-12/h6,10,18-19H,1-5,7-8H2,(H2,14,15,16,17,20). The first-order valence-electron chi connectivity index (χ1n) is 6.87. The maximum absolute atomic E-state index is 11.6. The number of carbonyl (C=O) groups excluding carboxylic acids is 1. The largest absolute Gasteiger partial charge is 0.394 e. The van der Waals surface area contributed by atoms with Crippen molar-refractivity contribution < 1.29 is 15.0 Å². The highest BCUT2D eigenvalue weighted by molar-refractivity contribution is 5.87. The number of hydrogen-bond acceptors (Lipinski definition) is 5. The summed E-state index contributed by atoms with van der Waals surface area (Å²) in [6.45, 7) is -0.414. The molecule has 1 aliphatic rings. The fourth-order valence-corrected chi connectivity index (χ4v) is 2.13. The van der Waals surface area contributed by atoms with Gasteiger partial charge in [-0.2, -0.15) is 0 Å². The van der Waals surface area contributed by atoms with Crippen molar-refractivity contribution in [2.24, 2.45) is 0 Å². The monoisotopic (exact) mass is 280 g/mol. The molecule has 110 valence electrons. The first-order chi connectivity index (χ1) is 9.69. The van der Waals surface area contributed by atoms with Crippen LogP contribution in [-0.2, 0) is 12.8 Å². The molecular formula is C13H20N4O3. The predicted octanol–water partition coefficient (Wildman–Crippen LogP) is 0.220. The second-order valence-electron chi connectivity index (χ2n) is 4.90. The molecule has 2 amide bonds. The van der Waals surface area contributed by atoms with Crippen LogP contribution < -0.4 is 10.6 Å². The molecule has 1 aromatic heterocycles. The van der Waals surface area contributed by atoms with Crippen LogP contribution in [0, 0.1) is 0 Å². The number of carbonyl (C=O) groups is 1. The third-order valence-electron chi connectivity index (χ3n) is 3.25. The van der Waals surface area contributed by atoms with Crippen LogP contribution in [0.3, 0.4) is 0 Å². The lowest BCUT2D eigenvalue weighted by molar-refractivity contribution is 0.0965. The van der Waals surface area contributed by atoms with Gasteiger partial charge in [-0.15, -0.1) is 0 Å². The van der Waals surface area contributed by atoms with E-state index in [1.54, 1.807) is 6.20 Å². The second kappa shape index (κ2) is 7.16.